The molecule has 0 saturated heterocycles. The summed E-state index contributed by atoms with van der Waals surface area (Å²) in [5.74, 6) is -2.88. The average Bonchev–Trinajstić information content (AvgIpc) is 3.35. The van der Waals surface area contributed by atoms with Gasteiger partial charge in [0.15, 0.2) is 5.82 Å². The first kappa shape index (κ1) is 23.0. The van der Waals surface area contributed by atoms with Crippen molar-refractivity contribution < 1.29 is 18.6 Å². The lowest BCUT2D eigenvalue weighted by Crippen LogP contribution is -2.50. The molecule has 1 aromatic carbocycles. The molecule has 4 rings (SSSR count). The largest absolute Gasteiger partial charge is 0.507 e. The third-order valence-electron chi connectivity index (χ3n) is 6.90. The number of phenols is 1. The molecule has 3 atom stereocenters. The van der Waals surface area contributed by atoms with E-state index < -0.39 is 17.4 Å². The van der Waals surface area contributed by atoms with Gasteiger partial charge in [0.05, 0.1) is 24.3 Å². The zero-order chi connectivity index (χ0) is 23.8. The van der Waals surface area contributed by atoms with Crippen LogP contribution in [0.4, 0.5) is 8.78 Å². The number of nitrogens with zero attached hydrogens (tertiary/aromatic N) is 5. The molecule has 3 aromatic rings. The van der Waals surface area contributed by atoms with Gasteiger partial charge in [-0.3, -0.25) is 0 Å². The van der Waals surface area contributed by atoms with Crippen LogP contribution in [0.2, 0.25) is 0 Å². The van der Waals surface area contributed by atoms with E-state index in [1.54, 1.807) is 49.3 Å². The predicted molar refractivity (Wildman–Crippen MR) is 120 cm³/mol. The van der Waals surface area contributed by atoms with E-state index in [0.717, 1.165) is 5.69 Å². The summed E-state index contributed by atoms with van der Waals surface area (Å²) in [6.45, 7) is 7.49. The van der Waals surface area contributed by atoms with Gasteiger partial charge in [0.1, 0.15) is 11.4 Å². The molecule has 0 spiro atoms. The molecule has 1 saturated carbocycles. The van der Waals surface area contributed by atoms with E-state index in [1.165, 1.54) is 13.3 Å². The molecule has 1 N–H and O–H groups in total. The van der Waals surface area contributed by atoms with E-state index in [-0.39, 0.29) is 30.3 Å². The number of rotatable bonds is 6. The highest BCUT2D eigenvalue weighted by molar-refractivity contribution is 5.68. The van der Waals surface area contributed by atoms with Gasteiger partial charge in [-0.2, -0.15) is 0 Å². The number of benzene rings is 1. The minimum Gasteiger partial charge on any atom is -0.507 e. The first-order valence-corrected chi connectivity index (χ1v) is 10.8. The van der Waals surface area contributed by atoms with Crippen molar-refractivity contribution in [2.45, 2.75) is 45.1 Å². The predicted octanol–water partition coefficient (Wildman–Crippen LogP) is 4.92. The molecule has 174 valence electrons. The normalized spacial score (nSPS) is 24.5. The fraction of sp³-hybridized carbons (Fsp3) is 0.417. The lowest BCUT2D eigenvalue weighted by Gasteiger charge is -2.47. The number of hydrogen-bond donors (Lipinski definition) is 1. The van der Waals surface area contributed by atoms with Gasteiger partial charge in [0.25, 0.3) is 5.92 Å². The zero-order valence-corrected chi connectivity index (χ0v) is 18.9. The minimum absolute atomic E-state index is 0.0246. The maximum absolute atomic E-state index is 14.7. The van der Waals surface area contributed by atoms with Gasteiger partial charge in [-0.25, -0.2) is 18.7 Å². The van der Waals surface area contributed by atoms with Crippen LogP contribution in [0.1, 0.15) is 38.9 Å². The van der Waals surface area contributed by atoms with Gasteiger partial charge < -0.3 is 14.4 Å². The third-order valence-corrected chi connectivity index (χ3v) is 6.90. The van der Waals surface area contributed by atoms with E-state index >= 15 is 0 Å². The van der Waals surface area contributed by atoms with Crippen molar-refractivity contribution in [1.29, 1.82) is 0 Å². The van der Waals surface area contributed by atoms with Crippen molar-refractivity contribution >= 4 is 5.57 Å². The zero-order valence-electron chi connectivity index (χ0n) is 18.9. The van der Waals surface area contributed by atoms with E-state index in [9.17, 15) is 13.9 Å². The summed E-state index contributed by atoms with van der Waals surface area (Å²) < 4.78 is 36.7. The summed E-state index contributed by atoms with van der Waals surface area (Å²) in [5, 5.41) is 18.9. The number of halogens is 2. The summed E-state index contributed by atoms with van der Waals surface area (Å²) in [4.78, 5) is 8.38. The van der Waals surface area contributed by atoms with Crippen LogP contribution in [0.5, 0.6) is 5.75 Å². The van der Waals surface area contributed by atoms with Crippen LogP contribution < -0.4 is 0 Å². The molecule has 2 heterocycles. The van der Waals surface area contributed by atoms with E-state index in [2.05, 4.69) is 26.7 Å². The van der Waals surface area contributed by atoms with Gasteiger partial charge in [-0.15, -0.1) is 10.2 Å². The highest BCUT2D eigenvalue weighted by Crippen LogP contribution is 2.54. The Morgan fingerprint density at radius 2 is 2.09 bits per heavy atom. The molecule has 33 heavy (non-hydrogen) atoms. The molecule has 1 aliphatic rings. The van der Waals surface area contributed by atoms with Crippen LogP contribution in [0.15, 0.2) is 49.7 Å². The fourth-order valence-corrected chi connectivity index (χ4v) is 4.43. The van der Waals surface area contributed by atoms with Crippen molar-refractivity contribution in [2.75, 3.05) is 7.11 Å². The average molecular weight is 456 g/mol. The molecule has 0 aliphatic heterocycles. The Hall–Kier alpha value is -3.20. The molecule has 1 fully saturated rings. The molecular formula is C24H27F2N5O2. The number of aromatic hydroxyl groups is 1. The minimum atomic E-state index is -2.83. The van der Waals surface area contributed by atoms with Crippen molar-refractivity contribution in [3.63, 3.8) is 0 Å². The monoisotopic (exact) mass is 455 g/mol. The summed E-state index contributed by atoms with van der Waals surface area (Å²) in [5.41, 5.74) is 0.972. The van der Waals surface area contributed by atoms with Crippen molar-refractivity contribution in [2.24, 2.45) is 11.3 Å². The Morgan fingerprint density at radius 1 is 1.30 bits per heavy atom. The van der Waals surface area contributed by atoms with Gasteiger partial charge in [0, 0.05) is 48.9 Å². The van der Waals surface area contributed by atoms with E-state index in [4.69, 9.17) is 4.74 Å². The van der Waals surface area contributed by atoms with Gasteiger partial charge in [-0.1, -0.05) is 20.4 Å². The van der Waals surface area contributed by atoms with Crippen LogP contribution in [0.3, 0.4) is 0 Å². The SMILES string of the molecule is C=C(c1ncc(-c2ccc(-n3ccnc3)cc2O)nn1)[C@H]1C[C@@](C)(CC)C(F)(F)C[C@@H]1OC. The topological polar surface area (TPSA) is 86.0 Å². The van der Waals surface area contributed by atoms with E-state index in [0.29, 0.717) is 23.3 Å². The Bertz CT molecular complexity index is 1130. The van der Waals surface area contributed by atoms with Gasteiger partial charge in [-0.05, 0) is 30.5 Å². The molecule has 0 radical (unpaired) electrons. The number of methoxy groups -OCH3 is 1. The van der Waals surface area contributed by atoms with Crippen LogP contribution >= 0.6 is 0 Å². The lowest BCUT2D eigenvalue weighted by atomic mass is 9.64. The quantitative estimate of drug-likeness (QED) is 0.568. The second-order valence-electron chi connectivity index (χ2n) is 8.77. The number of aromatic nitrogens is 5. The summed E-state index contributed by atoms with van der Waals surface area (Å²) >= 11 is 0. The fourth-order valence-electron chi connectivity index (χ4n) is 4.43. The number of alkyl halides is 2. The number of ether oxygens (including phenoxy) is 1. The first-order valence-electron chi connectivity index (χ1n) is 10.8. The van der Waals surface area contributed by atoms with Crippen LogP contribution in [-0.4, -0.2) is 49.0 Å². The first-order chi connectivity index (χ1) is 15.7. The van der Waals surface area contributed by atoms with Crippen LogP contribution in [0.25, 0.3) is 22.5 Å². The number of hydrogen-bond acceptors (Lipinski definition) is 6. The van der Waals surface area contributed by atoms with Crippen molar-refractivity contribution in [1.82, 2.24) is 24.7 Å². The smallest absolute Gasteiger partial charge is 0.255 e. The van der Waals surface area contributed by atoms with Crippen molar-refractivity contribution in [3.8, 4) is 22.7 Å². The van der Waals surface area contributed by atoms with Crippen molar-refractivity contribution in [3.05, 3.63) is 55.5 Å². The standard InChI is InChI=1S/C24H27F2N5O2/c1-5-23(3)11-18(21(33-4)12-24(23,25)26)15(2)22-28-13-19(29-30-22)17-7-6-16(10-20(17)32)31-9-8-27-14-31/h6-10,13-14,18,21,32H,2,5,11-12H2,1,3-4H3/t18-,21+,23-/m1/s1. The maximum atomic E-state index is 14.7. The van der Waals surface area contributed by atoms with E-state index in [1.807, 2.05) is 6.07 Å². The molecular weight excluding hydrogens is 428 g/mol. The second-order valence-corrected chi connectivity index (χ2v) is 8.77. The molecule has 7 nitrogen and oxygen atoms in total. The molecule has 2 aromatic heterocycles. The highest BCUT2D eigenvalue weighted by atomic mass is 19.3. The Morgan fingerprint density at radius 3 is 2.67 bits per heavy atom. The second kappa shape index (κ2) is 8.62. The molecule has 9 heteroatoms. The van der Waals surface area contributed by atoms with Crippen LogP contribution in [0, 0.1) is 11.3 Å². The Labute approximate surface area is 191 Å². The van der Waals surface area contributed by atoms with Gasteiger partial charge >= 0.3 is 0 Å². The summed E-state index contributed by atoms with van der Waals surface area (Å²) in [7, 11) is 1.44. The van der Waals surface area contributed by atoms with Crippen LogP contribution in [-0.2, 0) is 4.74 Å². The molecule has 1 aliphatic carbocycles. The van der Waals surface area contributed by atoms with Gasteiger partial charge in [0.2, 0.25) is 0 Å². The Kier molecular flexibility index (Phi) is 6.00. The lowest BCUT2D eigenvalue weighted by molar-refractivity contribution is -0.184. The number of phenolic OH excluding ortho intramolecular Hbond substituents is 1. The summed E-state index contributed by atoms with van der Waals surface area (Å²) in [6, 6.07) is 5.15. The number of imidazole rings is 1. The molecule has 0 bridgehead atoms. The Balaban J connectivity index is 1.57. The highest BCUT2D eigenvalue weighted by Gasteiger charge is 2.56. The summed E-state index contributed by atoms with van der Waals surface area (Å²) in [6.07, 6.45) is 6.05. The molecule has 0 unspecified atom stereocenters. The maximum Gasteiger partial charge on any atom is 0.255 e. The third kappa shape index (κ3) is 4.13. The molecule has 0 amide bonds.